The second-order valence-corrected chi connectivity index (χ2v) is 18.8. The van der Waals surface area contributed by atoms with Crippen molar-refractivity contribution in [1.82, 2.24) is 47.2 Å². The number of nitrogens with zero attached hydrogens (tertiary/aromatic N) is 1. The third-order valence-corrected chi connectivity index (χ3v) is 12.3. The Balaban J connectivity index is 1.41. The summed E-state index contributed by atoms with van der Waals surface area (Å²) in [6, 6.07) is 10.6. The Morgan fingerprint density at radius 3 is 1.12 bits per heavy atom. The number of phenols is 3. The molecule has 0 spiro atoms. The topological polar surface area (TPSA) is 474 Å². The Hall–Kier alpha value is -10.4. The van der Waals surface area contributed by atoms with Gasteiger partial charge in [0.05, 0.1) is 31.6 Å². The van der Waals surface area contributed by atoms with E-state index in [1.54, 1.807) is 30.3 Å². The summed E-state index contributed by atoms with van der Waals surface area (Å²) in [7, 11) is 0. The summed E-state index contributed by atoms with van der Waals surface area (Å²) >= 11 is 0. The summed E-state index contributed by atoms with van der Waals surface area (Å²) in [4.78, 5) is 153. The summed E-state index contributed by atoms with van der Waals surface area (Å²) in [5.74, 6) is -14.2. The van der Waals surface area contributed by atoms with Crippen LogP contribution in [0.4, 0.5) is 0 Å². The predicted octanol–water partition coefficient (Wildman–Crippen LogP) is -2.33. The minimum atomic E-state index is -1.93. The Bertz CT molecular complexity index is 3060. The van der Waals surface area contributed by atoms with E-state index in [1.807, 2.05) is 0 Å². The van der Waals surface area contributed by atoms with Crippen LogP contribution in [0, 0.1) is 0 Å². The Labute approximate surface area is 466 Å². The lowest BCUT2D eigenvalue weighted by Gasteiger charge is -2.28. The average Bonchev–Trinajstić information content (AvgIpc) is 4.08. The number of hydrogen-bond acceptors (Lipinski definition) is 16. The number of phenolic OH excluding ortho intramolecular Hbond substituents is 3. The zero-order valence-corrected chi connectivity index (χ0v) is 43.5. The minimum absolute atomic E-state index is 0.0628. The molecule has 8 atom stereocenters. The highest BCUT2D eigenvalue weighted by molar-refractivity contribution is 6.00. The van der Waals surface area contributed by atoms with Gasteiger partial charge >= 0.3 is 17.9 Å². The van der Waals surface area contributed by atoms with Crippen molar-refractivity contribution in [2.24, 2.45) is 11.5 Å². The van der Waals surface area contributed by atoms with Gasteiger partial charge in [-0.15, -0.1) is 0 Å². The zero-order valence-electron chi connectivity index (χ0n) is 43.5. The van der Waals surface area contributed by atoms with Gasteiger partial charge in [0.15, 0.2) is 0 Å². The number of hydrogen-bond donors (Lipinski definition) is 16. The summed E-state index contributed by atoms with van der Waals surface area (Å²) in [6.45, 7) is 0. The van der Waals surface area contributed by atoms with Crippen molar-refractivity contribution in [1.29, 1.82) is 0 Å². The Morgan fingerprint density at radius 2 is 0.744 bits per heavy atom. The molecule has 1 heterocycles. The summed E-state index contributed by atoms with van der Waals surface area (Å²) < 4.78 is 0. The highest BCUT2D eigenvalue weighted by Crippen LogP contribution is 2.16. The van der Waals surface area contributed by atoms with Gasteiger partial charge in [0.25, 0.3) is 0 Å². The van der Waals surface area contributed by atoms with Crippen molar-refractivity contribution in [2.75, 3.05) is 0 Å². The van der Waals surface area contributed by atoms with E-state index in [0.717, 1.165) is 0 Å². The maximum absolute atomic E-state index is 14.6. The van der Waals surface area contributed by atoms with Gasteiger partial charge in [0.1, 0.15) is 59.5 Å². The fourth-order valence-electron chi connectivity index (χ4n) is 8.10. The second kappa shape index (κ2) is 30.1. The molecule has 0 aliphatic rings. The highest BCUT2D eigenvalue weighted by atomic mass is 16.4. The van der Waals surface area contributed by atoms with E-state index >= 15 is 0 Å². The van der Waals surface area contributed by atoms with Gasteiger partial charge in [-0.2, -0.15) is 0 Å². The molecule has 18 N–H and O–H groups in total. The number of carboxylic acids is 3. The van der Waals surface area contributed by atoms with Gasteiger partial charge in [0, 0.05) is 37.6 Å². The van der Waals surface area contributed by atoms with Crippen LogP contribution in [0.25, 0.3) is 0 Å². The number of aliphatic carboxylic acids is 3. The number of carbonyl (C=O) groups is 11. The lowest BCUT2D eigenvalue weighted by Crippen LogP contribution is -2.61. The van der Waals surface area contributed by atoms with E-state index < -0.39 is 139 Å². The molecule has 28 heteroatoms. The number of imidazole rings is 1. The van der Waals surface area contributed by atoms with Gasteiger partial charge in [-0.25, -0.2) is 9.78 Å². The van der Waals surface area contributed by atoms with Crippen molar-refractivity contribution < 1.29 is 83.4 Å². The van der Waals surface area contributed by atoms with Crippen LogP contribution in [0.1, 0.15) is 47.2 Å². The second-order valence-electron chi connectivity index (χ2n) is 18.8. The molecular formula is C54H61N11O17. The average molecular weight is 1140 g/mol. The first-order valence-corrected chi connectivity index (χ1v) is 25.1. The van der Waals surface area contributed by atoms with Crippen LogP contribution < -0.4 is 48.7 Å². The molecule has 0 fully saturated rings. The van der Waals surface area contributed by atoms with Crippen molar-refractivity contribution in [3.8, 4) is 17.2 Å². The summed E-state index contributed by atoms with van der Waals surface area (Å²) in [5.41, 5.74) is 13.4. The highest BCUT2D eigenvalue weighted by Gasteiger charge is 2.36. The molecule has 434 valence electrons. The number of aromatic amines is 1. The number of amides is 8. The maximum atomic E-state index is 14.6. The Kier molecular flexibility index (Phi) is 22.9. The molecule has 0 saturated heterocycles. The van der Waals surface area contributed by atoms with Crippen molar-refractivity contribution >= 4 is 65.2 Å². The van der Waals surface area contributed by atoms with Gasteiger partial charge in [-0.05, 0) is 65.1 Å². The zero-order chi connectivity index (χ0) is 60.0. The number of carboxylic acid groups (broad SMARTS) is 3. The molecule has 5 rings (SSSR count). The molecule has 82 heavy (non-hydrogen) atoms. The first kappa shape index (κ1) is 62.5. The van der Waals surface area contributed by atoms with E-state index in [-0.39, 0.29) is 48.6 Å². The number of nitrogens with two attached hydrogens (primary N) is 2. The number of rotatable bonds is 31. The SMILES string of the molecule is NC(=O)C[C@H](NC(=O)[C@H](CC(=O)O)NC(=O)[C@@H](N)Cc1ccc(O)cc1)C(=O)N[C@@H](Cc1cnc[nH]1)C(=O)N[C@@H](Cc1ccc(O)cc1)C(=O)N[C@@H](Cc1ccccc1)C(=O)N[C@@H](CC(=O)O)C(=O)N[C@@H](Cc1ccc(O)cc1)C(=O)O. The largest absolute Gasteiger partial charge is 0.508 e. The van der Waals surface area contributed by atoms with Gasteiger partial charge in [-0.3, -0.25) is 47.9 Å². The van der Waals surface area contributed by atoms with Crippen molar-refractivity contribution in [3.63, 3.8) is 0 Å². The standard InChI is InChI=1S/C54H61N11O17/c55-36(18-29-6-12-33(66)13-7-29)47(74)59-41(24-45(70)71)52(79)63-40(23-44(56)69)51(78)62-39(22-32-26-57-27-58-32)50(77)61-38(20-30-8-14-34(67)15-9-30)48(75)60-37(19-28-4-2-1-3-5-28)49(76)64-42(25-46(72)73)53(80)65-43(54(81)82)21-31-10-16-35(68)17-11-31/h1-17,26-27,36-43,66-68H,18-25,55H2,(H2,56,69)(H,57,58)(H,59,74)(H,60,75)(H,61,77)(H,62,78)(H,63,79)(H,64,76)(H,65,80)(H,70,71)(H,72,73)(H,81,82)/t36-,37-,38-,39-,40-,41-,42-,43-/m0/s1. The molecule has 28 nitrogen and oxygen atoms in total. The first-order chi connectivity index (χ1) is 38.9. The third-order valence-electron chi connectivity index (χ3n) is 12.3. The first-order valence-electron chi connectivity index (χ1n) is 25.1. The molecule has 1 aromatic heterocycles. The van der Waals surface area contributed by atoms with Crippen LogP contribution in [-0.4, -0.2) is 154 Å². The van der Waals surface area contributed by atoms with E-state index in [0.29, 0.717) is 22.3 Å². The summed E-state index contributed by atoms with van der Waals surface area (Å²) in [5, 5.41) is 75.2. The van der Waals surface area contributed by atoms with E-state index in [2.05, 4.69) is 47.2 Å². The van der Waals surface area contributed by atoms with Crippen LogP contribution in [0.2, 0.25) is 0 Å². The monoisotopic (exact) mass is 1140 g/mol. The Morgan fingerprint density at radius 1 is 0.415 bits per heavy atom. The lowest BCUT2D eigenvalue weighted by atomic mass is 10.0. The van der Waals surface area contributed by atoms with Crippen LogP contribution in [0.3, 0.4) is 0 Å². The van der Waals surface area contributed by atoms with Crippen molar-refractivity contribution in [3.05, 3.63) is 144 Å². The van der Waals surface area contributed by atoms with Gasteiger partial charge < -0.3 is 84.3 Å². The van der Waals surface area contributed by atoms with Gasteiger partial charge in [0.2, 0.25) is 47.3 Å². The number of H-pyrrole nitrogens is 1. The fraction of sp³-hybridized carbons (Fsp3) is 0.296. The number of nitrogens with one attached hydrogen (secondary N) is 8. The normalized spacial score (nSPS) is 13.8. The van der Waals surface area contributed by atoms with E-state index in [1.165, 1.54) is 85.3 Å². The third kappa shape index (κ3) is 20.4. The molecule has 0 aliphatic carbocycles. The van der Waals surface area contributed by atoms with Crippen LogP contribution in [-0.2, 0) is 84.8 Å². The van der Waals surface area contributed by atoms with E-state index in [9.17, 15) is 83.4 Å². The number of benzene rings is 4. The number of carbonyl (C=O) groups excluding carboxylic acids is 8. The number of primary amides is 1. The van der Waals surface area contributed by atoms with E-state index in [4.69, 9.17) is 11.5 Å². The maximum Gasteiger partial charge on any atom is 0.326 e. The number of aromatic nitrogens is 2. The molecular weight excluding hydrogens is 1070 g/mol. The van der Waals surface area contributed by atoms with Crippen LogP contribution in [0.15, 0.2) is 116 Å². The van der Waals surface area contributed by atoms with Crippen LogP contribution >= 0.6 is 0 Å². The molecule has 8 amide bonds. The summed E-state index contributed by atoms with van der Waals surface area (Å²) in [6.07, 6.45) is -2.04. The van der Waals surface area contributed by atoms with Crippen molar-refractivity contribution in [2.45, 2.75) is 99.7 Å². The lowest BCUT2D eigenvalue weighted by molar-refractivity contribution is -0.144. The number of aromatic hydroxyl groups is 3. The predicted molar refractivity (Wildman–Crippen MR) is 285 cm³/mol. The van der Waals surface area contributed by atoms with Gasteiger partial charge in [-0.1, -0.05) is 66.7 Å². The molecule has 0 aliphatic heterocycles. The minimum Gasteiger partial charge on any atom is -0.508 e. The fourth-order valence-corrected chi connectivity index (χ4v) is 8.10. The molecule has 0 radical (unpaired) electrons. The quantitative estimate of drug-likeness (QED) is 0.0221. The molecule has 0 bridgehead atoms. The molecule has 4 aromatic carbocycles. The molecule has 5 aromatic rings. The molecule has 0 unspecified atom stereocenters. The molecule has 0 saturated carbocycles. The van der Waals surface area contributed by atoms with Crippen LogP contribution in [0.5, 0.6) is 17.2 Å². The smallest absolute Gasteiger partial charge is 0.326 e.